The Bertz CT molecular complexity index is 347. The summed E-state index contributed by atoms with van der Waals surface area (Å²) in [6.45, 7) is 0.441. The van der Waals surface area contributed by atoms with Crippen LogP contribution >= 0.6 is 0 Å². The van der Waals surface area contributed by atoms with Crippen LogP contribution in [0.15, 0.2) is 30.3 Å². The van der Waals surface area contributed by atoms with E-state index in [2.05, 4.69) is 35.7 Å². The van der Waals surface area contributed by atoms with Crippen molar-refractivity contribution in [2.45, 2.75) is 31.7 Å². The van der Waals surface area contributed by atoms with Crippen LogP contribution in [0.2, 0.25) is 0 Å². The standard InChI is InChI=1S/C14H18N2/c15-10-11-16-14(13-8-4-5-9-13)12-6-2-1-3-7-12/h1-3,6-7,13-14,16H,4-5,8-9,11H2/t14-/m1/s1. The van der Waals surface area contributed by atoms with Gasteiger partial charge in [-0.2, -0.15) is 5.26 Å². The van der Waals surface area contributed by atoms with E-state index in [4.69, 9.17) is 5.26 Å². The summed E-state index contributed by atoms with van der Waals surface area (Å²) in [6.07, 6.45) is 5.25. The molecule has 16 heavy (non-hydrogen) atoms. The molecule has 0 saturated heterocycles. The molecule has 0 unspecified atom stereocenters. The van der Waals surface area contributed by atoms with Crippen molar-refractivity contribution in [3.63, 3.8) is 0 Å². The van der Waals surface area contributed by atoms with Gasteiger partial charge >= 0.3 is 0 Å². The van der Waals surface area contributed by atoms with Crippen LogP contribution in [-0.2, 0) is 0 Å². The Morgan fingerprint density at radius 2 is 1.94 bits per heavy atom. The fourth-order valence-electron chi connectivity index (χ4n) is 2.66. The molecule has 2 heteroatoms. The van der Waals surface area contributed by atoms with Crippen molar-refractivity contribution in [1.29, 1.82) is 5.26 Å². The van der Waals surface area contributed by atoms with Crippen LogP contribution in [0, 0.1) is 17.2 Å². The van der Waals surface area contributed by atoms with Crippen molar-refractivity contribution in [2.75, 3.05) is 6.54 Å². The molecule has 84 valence electrons. The molecule has 0 aliphatic heterocycles. The van der Waals surface area contributed by atoms with Crippen molar-refractivity contribution in [3.8, 4) is 6.07 Å². The molecule has 1 fully saturated rings. The Kier molecular flexibility index (Phi) is 3.96. The lowest BCUT2D eigenvalue weighted by Crippen LogP contribution is -2.27. The van der Waals surface area contributed by atoms with E-state index >= 15 is 0 Å². The van der Waals surface area contributed by atoms with Gasteiger partial charge in [-0.3, -0.25) is 5.32 Å². The molecule has 0 bridgehead atoms. The van der Waals surface area contributed by atoms with Crippen molar-refractivity contribution in [3.05, 3.63) is 35.9 Å². The largest absolute Gasteiger partial charge is 0.297 e. The maximum atomic E-state index is 8.69. The van der Waals surface area contributed by atoms with Crippen LogP contribution in [0.5, 0.6) is 0 Å². The van der Waals surface area contributed by atoms with Crippen molar-refractivity contribution in [2.24, 2.45) is 5.92 Å². The van der Waals surface area contributed by atoms with Gasteiger partial charge in [0.15, 0.2) is 0 Å². The number of benzene rings is 1. The van der Waals surface area contributed by atoms with Gasteiger partial charge in [0, 0.05) is 6.04 Å². The quantitative estimate of drug-likeness (QED) is 0.782. The molecule has 2 nitrogen and oxygen atoms in total. The van der Waals surface area contributed by atoms with Gasteiger partial charge in [0.2, 0.25) is 0 Å². The van der Waals surface area contributed by atoms with Crippen LogP contribution in [0.1, 0.15) is 37.3 Å². The monoisotopic (exact) mass is 214 g/mol. The number of nitriles is 1. The zero-order chi connectivity index (χ0) is 11.2. The average Bonchev–Trinajstić information content (AvgIpc) is 2.85. The average molecular weight is 214 g/mol. The fraction of sp³-hybridized carbons (Fsp3) is 0.500. The van der Waals surface area contributed by atoms with E-state index < -0.39 is 0 Å². The Hall–Kier alpha value is -1.33. The predicted octanol–water partition coefficient (Wildman–Crippen LogP) is 3.03. The lowest BCUT2D eigenvalue weighted by atomic mass is 9.91. The predicted molar refractivity (Wildman–Crippen MR) is 64.8 cm³/mol. The molecular formula is C14H18N2. The smallest absolute Gasteiger partial charge is 0.0845 e. The maximum Gasteiger partial charge on any atom is 0.0845 e. The Labute approximate surface area is 97.3 Å². The number of hydrogen-bond donors (Lipinski definition) is 1. The molecule has 1 aromatic rings. The summed E-state index contributed by atoms with van der Waals surface area (Å²) >= 11 is 0. The number of nitrogens with zero attached hydrogens (tertiary/aromatic N) is 1. The van der Waals surface area contributed by atoms with E-state index in [0.717, 1.165) is 0 Å². The van der Waals surface area contributed by atoms with E-state index in [0.29, 0.717) is 18.5 Å². The fourth-order valence-corrected chi connectivity index (χ4v) is 2.66. The topological polar surface area (TPSA) is 35.8 Å². The lowest BCUT2D eigenvalue weighted by molar-refractivity contribution is 0.381. The first-order valence-electron chi connectivity index (χ1n) is 6.07. The van der Waals surface area contributed by atoms with Crippen molar-refractivity contribution < 1.29 is 0 Å². The molecule has 0 radical (unpaired) electrons. The summed E-state index contributed by atoms with van der Waals surface area (Å²) in [5.41, 5.74) is 1.32. The molecule has 0 heterocycles. The normalized spacial score (nSPS) is 18.2. The molecule has 1 N–H and O–H groups in total. The second-order valence-corrected chi connectivity index (χ2v) is 4.47. The molecule has 1 saturated carbocycles. The second-order valence-electron chi connectivity index (χ2n) is 4.47. The summed E-state index contributed by atoms with van der Waals surface area (Å²) < 4.78 is 0. The van der Waals surface area contributed by atoms with E-state index in [1.807, 2.05) is 6.07 Å². The van der Waals surface area contributed by atoms with Gasteiger partial charge in [0.1, 0.15) is 0 Å². The van der Waals surface area contributed by atoms with Gasteiger partial charge in [0.05, 0.1) is 12.6 Å². The van der Waals surface area contributed by atoms with E-state index in [9.17, 15) is 0 Å². The third kappa shape index (κ3) is 2.62. The first kappa shape index (κ1) is 11.2. The minimum Gasteiger partial charge on any atom is -0.297 e. The highest BCUT2D eigenvalue weighted by Gasteiger charge is 2.25. The van der Waals surface area contributed by atoms with Gasteiger partial charge in [0.25, 0.3) is 0 Å². The van der Waals surface area contributed by atoms with Crippen LogP contribution < -0.4 is 5.32 Å². The van der Waals surface area contributed by atoms with E-state index in [1.165, 1.54) is 31.2 Å². The molecule has 2 rings (SSSR count). The minimum atomic E-state index is 0.364. The third-order valence-corrected chi connectivity index (χ3v) is 3.43. The summed E-state index contributed by atoms with van der Waals surface area (Å²) in [5, 5.41) is 12.1. The van der Waals surface area contributed by atoms with Gasteiger partial charge in [-0.25, -0.2) is 0 Å². The molecular weight excluding hydrogens is 196 g/mol. The van der Waals surface area contributed by atoms with E-state index in [1.54, 1.807) is 0 Å². The highest BCUT2D eigenvalue weighted by molar-refractivity contribution is 5.20. The number of nitrogens with one attached hydrogen (secondary N) is 1. The van der Waals surface area contributed by atoms with Crippen molar-refractivity contribution >= 4 is 0 Å². The summed E-state index contributed by atoms with van der Waals surface area (Å²) in [6, 6.07) is 13.1. The van der Waals surface area contributed by atoms with Gasteiger partial charge in [-0.1, -0.05) is 43.2 Å². The van der Waals surface area contributed by atoms with Gasteiger partial charge < -0.3 is 0 Å². The Morgan fingerprint density at radius 3 is 2.56 bits per heavy atom. The summed E-state index contributed by atoms with van der Waals surface area (Å²) in [5.74, 6) is 0.704. The van der Waals surface area contributed by atoms with Crippen LogP contribution in [0.25, 0.3) is 0 Å². The molecule has 1 aromatic carbocycles. The third-order valence-electron chi connectivity index (χ3n) is 3.43. The number of rotatable bonds is 4. The molecule has 1 atom stereocenters. The SMILES string of the molecule is N#CCN[C@H](c1ccccc1)C1CCCC1. The van der Waals surface area contributed by atoms with Gasteiger partial charge in [-0.15, -0.1) is 0 Å². The van der Waals surface area contributed by atoms with Gasteiger partial charge in [-0.05, 0) is 24.3 Å². The summed E-state index contributed by atoms with van der Waals surface area (Å²) in [4.78, 5) is 0. The Morgan fingerprint density at radius 1 is 1.25 bits per heavy atom. The van der Waals surface area contributed by atoms with Crippen LogP contribution in [0.4, 0.5) is 0 Å². The zero-order valence-corrected chi connectivity index (χ0v) is 9.52. The van der Waals surface area contributed by atoms with E-state index in [-0.39, 0.29) is 0 Å². The second kappa shape index (κ2) is 5.67. The summed E-state index contributed by atoms with van der Waals surface area (Å²) in [7, 11) is 0. The molecule has 1 aliphatic carbocycles. The molecule has 0 amide bonds. The highest BCUT2D eigenvalue weighted by atomic mass is 14.9. The van der Waals surface area contributed by atoms with Crippen LogP contribution in [0.3, 0.4) is 0 Å². The number of hydrogen-bond acceptors (Lipinski definition) is 2. The first-order chi connectivity index (χ1) is 7.92. The first-order valence-corrected chi connectivity index (χ1v) is 6.07. The lowest BCUT2D eigenvalue weighted by Gasteiger charge is -2.24. The molecule has 0 aromatic heterocycles. The Balaban J connectivity index is 2.11. The zero-order valence-electron chi connectivity index (χ0n) is 9.52. The van der Waals surface area contributed by atoms with Crippen LogP contribution in [-0.4, -0.2) is 6.54 Å². The molecule has 1 aliphatic rings. The highest BCUT2D eigenvalue weighted by Crippen LogP contribution is 2.35. The molecule has 0 spiro atoms. The minimum absolute atomic E-state index is 0.364. The van der Waals surface area contributed by atoms with Crippen molar-refractivity contribution in [1.82, 2.24) is 5.32 Å². The maximum absolute atomic E-state index is 8.69.